The highest BCUT2D eigenvalue weighted by molar-refractivity contribution is 6.18. The lowest BCUT2D eigenvalue weighted by Gasteiger charge is -2.27. The maximum atomic E-state index is 11.6. The van der Waals surface area contributed by atoms with Gasteiger partial charge in [0.15, 0.2) is 5.82 Å². The number of azo groups is 1. The number of rotatable bonds is 6. The van der Waals surface area contributed by atoms with E-state index in [1.165, 1.54) is 0 Å². The van der Waals surface area contributed by atoms with Crippen LogP contribution in [0.2, 0.25) is 0 Å². The van der Waals surface area contributed by atoms with Gasteiger partial charge in [0.2, 0.25) is 0 Å². The van der Waals surface area contributed by atoms with E-state index in [2.05, 4.69) is 32.7 Å². The van der Waals surface area contributed by atoms with E-state index in [1.807, 2.05) is 30.3 Å². The Bertz CT molecular complexity index is 893. The summed E-state index contributed by atoms with van der Waals surface area (Å²) in [6.07, 6.45) is 4.19. The first kappa shape index (κ1) is 28.1. The highest BCUT2D eigenvalue weighted by Crippen LogP contribution is 2.24. The first-order chi connectivity index (χ1) is 15.4. The van der Waals surface area contributed by atoms with Gasteiger partial charge in [-0.05, 0) is 55.9 Å². The molecule has 1 aliphatic rings. The Morgan fingerprint density at radius 1 is 1.12 bits per heavy atom. The van der Waals surface area contributed by atoms with Gasteiger partial charge in [-0.25, -0.2) is 9.78 Å². The Kier molecular flexibility index (Phi) is 12.7. The monoisotopic (exact) mass is 496 g/mol. The Hall–Kier alpha value is -2.98. The van der Waals surface area contributed by atoms with Crippen molar-refractivity contribution in [3.63, 3.8) is 0 Å². The number of carbonyl (C=O) groups excluding carboxylic acids is 1. The number of nitrogen functional groups attached to an aromatic ring is 2. The van der Waals surface area contributed by atoms with Crippen LogP contribution in [0.1, 0.15) is 32.6 Å². The second kappa shape index (κ2) is 15.0. The zero-order valence-electron chi connectivity index (χ0n) is 18.4. The summed E-state index contributed by atoms with van der Waals surface area (Å²) in [5.74, 6) is 1.59. The van der Waals surface area contributed by atoms with Crippen LogP contribution in [0.25, 0.3) is 0 Å². The summed E-state index contributed by atoms with van der Waals surface area (Å²) >= 11 is 5.46. The van der Waals surface area contributed by atoms with Crippen molar-refractivity contribution in [2.75, 3.05) is 23.9 Å². The quantitative estimate of drug-likeness (QED) is 0.206. The largest absolute Gasteiger partial charge is 0.384 e. The first-order valence-electron chi connectivity index (χ1n) is 10.4. The van der Waals surface area contributed by atoms with Gasteiger partial charge in [-0.2, -0.15) is 10.1 Å². The molecule has 33 heavy (non-hydrogen) atoms. The Balaban J connectivity index is 0.000000320. The van der Waals surface area contributed by atoms with E-state index >= 15 is 0 Å². The molecular formula is C21H30Cl2N8O2. The third-order valence-corrected chi connectivity index (χ3v) is 5.10. The number of nitrogens with zero attached hydrogens (tertiary/aromatic N) is 5. The molecule has 180 valence electrons. The van der Waals surface area contributed by atoms with E-state index in [1.54, 1.807) is 12.1 Å². The van der Waals surface area contributed by atoms with Gasteiger partial charge >= 0.3 is 6.03 Å². The third-order valence-electron chi connectivity index (χ3n) is 4.93. The lowest BCUT2D eigenvalue weighted by Crippen LogP contribution is -2.44. The standard InChI is InChI=1S/C11H11N5.C10H18ClN3O2.ClH/c12-10-7-6-9(11(13)14-10)16-15-8-4-2-1-3-5-8;1-8-2-4-9(5-3-8)12-10(15)14(13-16)7-6-11;/h1-7H,(H4,12,13,14);8-9H,2-7H2,1H3,(H,12,15);1H. The number of nitrogens with one attached hydrogen (secondary N) is 1. The maximum absolute atomic E-state index is 11.6. The normalized spacial score (nSPS) is 17.3. The van der Waals surface area contributed by atoms with Crippen LogP contribution in [-0.2, 0) is 0 Å². The van der Waals surface area contributed by atoms with Crippen molar-refractivity contribution in [2.24, 2.45) is 21.4 Å². The fraction of sp³-hybridized carbons (Fsp3) is 0.429. The van der Waals surface area contributed by atoms with E-state index in [9.17, 15) is 9.70 Å². The number of nitroso groups, excluding NO2 is 1. The Morgan fingerprint density at radius 2 is 1.79 bits per heavy atom. The average molecular weight is 497 g/mol. The first-order valence-corrected chi connectivity index (χ1v) is 10.9. The summed E-state index contributed by atoms with van der Waals surface area (Å²) in [5.41, 5.74) is 12.4. The molecule has 1 fully saturated rings. The lowest BCUT2D eigenvalue weighted by molar-refractivity contribution is 0.191. The summed E-state index contributed by atoms with van der Waals surface area (Å²) in [6.45, 7) is 2.37. The molecule has 0 radical (unpaired) electrons. The molecule has 0 atom stereocenters. The molecular weight excluding hydrogens is 467 g/mol. The molecule has 0 unspecified atom stereocenters. The SMILES string of the molecule is CC1CCC(NC(=O)N(CCCl)N=O)CC1.Cl.Nc1ccc(N=Nc2ccccc2)c(N)n1. The van der Waals surface area contributed by atoms with E-state index in [0.717, 1.165) is 42.3 Å². The van der Waals surface area contributed by atoms with Crippen molar-refractivity contribution in [3.05, 3.63) is 47.4 Å². The number of benzene rings is 1. The summed E-state index contributed by atoms with van der Waals surface area (Å²) in [5, 5.41) is 14.3. The van der Waals surface area contributed by atoms with Crippen molar-refractivity contribution in [2.45, 2.75) is 38.6 Å². The zero-order chi connectivity index (χ0) is 23.3. The molecule has 0 bridgehead atoms. The molecule has 12 heteroatoms. The van der Waals surface area contributed by atoms with Crippen LogP contribution < -0.4 is 16.8 Å². The minimum absolute atomic E-state index is 0. The highest BCUT2D eigenvalue weighted by Gasteiger charge is 2.22. The second-order valence-corrected chi connectivity index (χ2v) is 7.85. The molecule has 3 rings (SSSR count). The van der Waals surface area contributed by atoms with Crippen molar-refractivity contribution < 1.29 is 4.79 Å². The fourth-order valence-electron chi connectivity index (χ4n) is 3.09. The number of hydrogen-bond donors (Lipinski definition) is 3. The predicted molar refractivity (Wildman–Crippen MR) is 134 cm³/mol. The fourth-order valence-corrected chi connectivity index (χ4v) is 3.25. The van der Waals surface area contributed by atoms with E-state index < -0.39 is 6.03 Å². The van der Waals surface area contributed by atoms with Gasteiger partial charge in [-0.1, -0.05) is 25.1 Å². The van der Waals surface area contributed by atoms with Crippen LogP contribution >= 0.6 is 24.0 Å². The van der Waals surface area contributed by atoms with Gasteiger partial charge in [0, 0.05) is 11.9 Å². The Labute approximate surface area is 204 Å². The van der Waals surface area contributed by atoms with Crippen LogP contribution in [-0.4, -0.2) is 34.5 Å². The van der Waals surface area contributed by atoms with Crippen LogP contribution in [0.15, 0.2) is 58.0 Å². The van der Waals surface area contributed by atoms with Crippen LogP contribution in [0.3, 0.4) is 0 Å². The number of hydrogen-bond acceptors (Lipinski definition) is 8. The molecule has 2 aromatic rings. The molecule has 1 aromatic heterocycles. The molecule has 1 heterocycles. The van der Waals surface area contributed by atoms with Gasteiger partial charge in [0.25, 0.3) is 0 Å². The van der Waals surface area contributed by atoms with E-state index in [4.69, 9.17) is 23.1 Å². The molecule has 0 aliphatic heterocycles. The highest BCUT2D eigenvalue weighted by atomic mass is 35.5. The van der Waals surface area contributed by atoms with Gasteiger partial charge < -0.3 is 16.8 Å². The summed E-state index contributed by atoms with van der Waals surface area (Å²) in [4.78, 5) is 25.9. The van der Waals surface area contributed by atoms with Crippen molar-refractivity contribution >= 4 is 53.0 Å². The number of urea groups is 1. The molecule has 0 saturated heterocycles. The maximum Gasteiger partial charge on any atom is 0.340 e. The minimum Gasteiger partial charge on any atom is -0.384 e. The number of amides is 2. The molecule has 1 saturated carbocycles. The van der Waals surface area contributed by atoms with Crippen LogP contribution in [0, 0.1) is 10.8 Å². The predicted octanol–water partition coefficient (Wildman–Crippen LogP) is 5.58. The third kappa shape index (κ3) is 10.0. The molecule has 10 nitrogen and oxygen atoms in total. The molecule has 0 spiro atoms. The van der Waals surface area contributed by atoms with E-state index in [-0.39, 0.29) is 36.7 Å². The van der Waals surface area contributed by atoms with E-state index in [0.29, 0.717) is 11.5 Å². The van der Waals surface area contributed by atoms with Crippen molar-refractivity contribution in [3.8, 4) is 0 Å². The number of alkyl halides is 1. The average Bonchev–Trinajstić information content (AvgIpc) is 2.79. The van der Waals surface area contributed by atoms with Gasteiger partial charge in [-0.15, -0.1) is 34.0 Å². The molecule has 1 aromatic carbocycles. The van der Waals surface area contributed by atoms with Crippen LogP contribution in [0.4, 0.5) is 27.8 Å². The number of aromatic nitrogens is 1. The summed E-state index contributed by atoms with van der Waals surface area (Å²) < 4.78 is 0. The van der Waals surface area contributed by atoms with Crippen LogP contribution in [0.5, 0.6) is 0 Å². The lowest BCUT2D eigenvalue weighted by atomic mass is 9.87. The molecule has 1 aliphatic carbocycles. The summed E-state index contributed by atoms with van der Waals surface area (Å²) in [6, 6.07) is 12.4. The van der Waals surface area contributed by atoms with Gasteiger partial charge in [-0.3, -0.25) is 0 Å². The van der Waals surface area contributed by atoms with Gasteiger partial charge in [0.05, 0.1) is 17.5 Å². The minimum atomic E-state index is -0.435. The molecule has 5 N–H and O–H groups in total. The molecule has 2 amide bonds. The number of anilines is 2. The van der Waals surface area contributed by atoms with Gasteiger partial charge in [0.1, 0.15) is 11.5 Å². The second-order valence-electron chi connectivity index (χ2n) is 7.48. The summed E-state index contributed by atoms with van der Waals surface area (Å²) in [7, 11) is 0. The topological polar surface area (TPSA) is 151 Å². The number of carbonyl (C=O) groups is 1. The zero-order valence-corrected chi connectivity index (χ0v) is 20.0. The Morgan fingerprint density at radius 3 is 2.36 bits per heavy atom. The smallest absolute Gasteiger partial charge is 0.340 e. The number of nitrogens with two attached hydrogens (primary N) is 2. The number of halogens is 2. The van der Waals surface area contributed by atoms with Crippen molar-refractivity contribution in [1.82, 2.24) is 15.3 Å². The number of pyridine rings is 1. The van der Waals surface area contributed by atoms with Crippen molar-refractivity contribution in [1.29, 1.82) is 0 Å².